The number of hydrogen-bond donors (Lipinski definition) is 2. The van der Waals surface area contributed by atoms with E-state index < -0.39 is 23.8 Å². The molecule has 1 aromatic carbocycles. The van der Waals surface area contributed by atoms with Gasteiger partial charge in [-0.25, -0.2) is 8.78 Å². The Kier molecular flexibility index (Phi) is 4.99. The van der Waals surface area contributed by atoms with Crippen molar-refractivity contribution in [2.45, 2.75) is 25.5 Å². The number of benzene rings is 1. The summed E-state index contributed by atoms with van der Waals surface area (Å²) < 4.78 is 31.6. The maximum absolute atomic E-state index is 13.5. The van der Waals surface area contributed by atoms with Crippen molar-refractivity contribution in [3.05, 3.63) is 34.9 Å². The quantitative estimate of drug-likeness (QED) is 0.829. The standard InChI is InChI=1S/C12H17F2NO2/c1-7-3-11(14)9(5-10(7)13)12(16)4-8(15)6-17-2/h3,5,8,12,16H,4,6,15H2,1-2H3. The van der Waals surface area contributed by atoms with E-state index in [2.05, 4.69) is 0 Å². The van der Waals surface area contributed by atoms with Gasteiger partial charge < -0.3 is 15.6 Å². The fourth-order valence-corrected chi connectivity index (χ4v) is 1.61. The van der Waals surface area contributed by atoms with Crippen LogP contribution in [0.25, 0.3) is 0 Å². The number of halogens is 2. The van der Waals surface area contributed by atoms with E-state index >= 15 is 0 Å². The van der Waals surface area contributed by atoms with Crippen molar-refractivity contribution in [3.8, 4) is 0 Å². The molecule has 0 saturated heterocycles. The van der Waals surface area contributed by atoms with Crippen LogP contribution in [0.5, 0.6) is 0 Å². The zero-order valence-corrected chi connectivity index (χ0v) is 9.91. The second kappa shape index (κ2) is 6.05. The molecular formula is C12H17F2NO2. The van der Waals surface area contributed by atoms with Crippen molar-refractivity contribution in [1.82, 2.24) is 0 Å². The third-order valence-corrected chi connectivity index (χ3v) is 2.54. The predicted molar refractivity (Wildman–Crippen MR) is 60.5 cm³/mol. The maximum atomic E-state index is 13.5. The van der Waals surface area contributed by atoms with Crippen LogP contribution in [0.2, 0.25) is 0 Å². The number of rotatable bonds is 5. The summed E-state index contributed by atoms with van der Waals surface area (Å²) in [5.74, 6) is -1.17. The molecule has 1 aromatic rings. The van der Waals surface area contributed by atoms with Crippen molar-refractivity contribution < 1.29 is 18.6 Å². The minimum absolute atomic E-state index is 0.0698. The van der Waals surface area contributed by atoms with Gasteiger partial charge in [-0.15, -0.1) is 0 Å². The van der Waals surface area contributed by atoms with Gasteiger partial charge in [-0.05, 0) is 31.0 Å². The van der Waals surface area contributed by atoms with Crippen LogP contribution in [-0.2, 0) is 4.74 Å². The smallest absolute Gasteiger partial charge is 0.129 e. The van der Waals surface area contributed by atoms with Crippen molar-refractivity contribution in [1.29, 1.82) is 0 Å². The Hall–Kier alpha value is -1.04. The molecule has 1 rings (SSSR count). The SMILES string of the molecule is COCC(N)CC(O)c1cc(F)c(C)cc1F. The highest BCUT2D eigenvalue weighted by atomic mass is 19.1. The van der Waals surface area contributed by atoms with Crippen LogP contribution in [0.15, 0.2) is 12.1 Å². The highest BCUT2D eigenvalue weighted by Gasteiger charge is 2.18. The lowest BCUT2D eigenvalue weighted by molar-refractivity contribution is 0.119. The van der Waals surface area contributed by atoms with Crippen LogP contribution >= 0.6 is 0 Å². The summed E-state index contributed by atoms with van der Waals surface area (Å²) in [7, 11) is 1.48. The van der Waals surface area contributed by atoms with Crippen LogP contribution in [0.3, 0.4) is 0 Å². The van der Waals surface area contributed by atoms with E-state index in [1.165, 1.54) is 14.0 Å². The van der Waals surface area contributed by atoms with Crippen LogP contribution < -0.4 is 5.73 Å². The third kappa shape index (κ3) is 3.73. The summed E-state index contributed by atoms with van der Waals surface area (Å²) in [6.45, 7) is 1.72. The minimum atomic E-state index is -1.13. The van der Waals surface area contributed by atoms with Crippen LogP contribution in [-0.4, -0.2) is 24.9 Å². The monoisotopic (exact) mass is 245 g/mol. The van der Waals surface area contributed by atoms with Gasteiger partial charge in [-0.3, -0.25) is 0 Å². The van der Waals surface area contributed by atoms with Crippen LogP contribution in [0.4, 0.5) is 8.78 Å². The van der Waals surface area contributed by atoms with Gasteiger partial charge in [-0.2, -0.15) is 0 Å². The molecule has 3 N–H and O–H groups in total. The Morgan fingerprint density at radius 2 is 2.00 bits per heavy atom. The molecule has 0 fully saturated rings. The third-order valence-electron chi connectivity index (χ3n) is 2.54. The highest BCUT2D eigenvalue weighted by Crippen LogP contribution is 2.23. The molecular weight excluding hydrogens is 228 g/mol. The van der Waals surface area contributed by atoms with Crippen molar-refractivity contribution in [2.75, 3.05) is 13.7 Å². The summed E-state index contributed by atoms with van der Waals surface area (Å²) in [4.78, 5) is 0. The molecule has 3 nitrogen and oxygen atoms in total. The van der Waals surface area contributed by atoms with E-state index in [0.29, 0.717) is 0 Å². The summed E-state index contributed by atoms with van der Waals surface area (Å²) in [5, 5.41) is 9.77. The van der Waals surface area contributed by atoms with Gasteiger partial charge in [0, 0.05) is 18.7 Å². The Morgan fingerprint density at radius 1 is 1.35 bits per heavy atom. The lowest BCUT2D eigenvalue weighted by Gasteiger charge is -2.17. The zero-order chi connectivity index (χ0) is 13.0. The molecule has 96 valence electrons. The molecule has 0 saturated carbocycles. The van der Waals surface area contributed by atoms with E-state index in [9.17, 15) is 13.9 Å². The first-order valence-electron chi connectivity index (χ1n) is 5.33. The molecule has 0 radical (unpaired) electrons. The second-order valence-corrected chi connectivity index (χ2v) is 4.09. The number of aliphatic hydroxyl groups is 1. The van der Waals surface area contributed by atoms with Crippen molar-refractivity contribution >= 4 is 0 Å². The van der Waals surface area contributed by atoms with Gasteiger partial charge in [0.05, 0.1) is 12.7 Å². The van der Waals surface area contributed by atoms with E-state index in [0.717, 1.165) is 12.1 Å². The fourth-order valence-electron chi connectivity index (χ4n) is 1.61. The molecule has 0 bridgehead atoms. The molecule has 2 atom stereocenters. The predicted octanol–water partition coefficient (Wildman–Crippen LogP) is 1.67. The van der Waals surface area contributed by atoms with E-state index in [4.69, 9.17) is 10.5 Å². The first kappa shape index (κ1) is 14.0. The lowest BCUT2D eigenvalue weighted by atomic mass is 10.0. The average molecular weight is 245 g/mol. The first-order chi connectivity index (χ1) is 7.95. The van der Waals surface area contributed by atoms with E-state index in [1.54, 1.807) is 0 Å². The van der Waals surface area contributed by atoms with Crippen LogP contribution in [0, 0.1) is 18.6 Å². The number of methoxy groups -OCH3 is 1. The number of ether oxygens (including phenoxy) is 1. The number of aliphatic hydroxyl groups excluding tert-OH is 1. The van der Waals surface area contributed by atoms with E-state index in [-0.39, 0.29) is 24.2 Å². The lowest BCUT2D eigenvalue weighted by Crippen LogP contribution is -2.28. The summed E-state index contributed by atoms with van der Waals surface area (Å²) in [6.07, 6.45) is -1.01. The van der Waals surface area contributed by atoms with Gasteiger partial charge in [0.15, 0.2) is 0 Å². The van der Waals surface area contributed by atoms with Gasteiger partial charge in [0.2, 0.25) is 0 Å². The zero-order valence-electron chi connectivity index (χ0n) is 9.91. The molecule has 0 heterocycles. The molecule has 0 aromatic heterocycles. The largest absolute Gasteiger partial charge is 0.388 e. The Morgan fingerprint density at radius 3 is 2.59 bits per heavy atom. The second-order valence-electron chi connectivity index (χ2n) is 4.09. The van der Waals surface area contributed by atoms with Gasteiger partial charge in [-0.1, -0.05) is 0 Å². The molecule has 5 heteroatoms. The molecule has 0 aliphatic heterocycles. The Bertz CT molecular complexity index is 385. The normalized spacial score (nSPS) is 14.7. The molecule has 0 aliphatic carbocycles. The molecule has 2 unspecified atom stereocenters. The van der Waals surface area contributed by atoms with Gasteiger partial charge in [0.25, 0.3) is 0 Å². The number of nitrogens with two attached hydrogens (primary N) is 1. The van der Waals surface area contributed by atoms with Crippen molar-refractivity contribution in [2.24, 2.45) is 5.73 Å². The molecule has 17 heavy (non-hydrogen) atoms. The topological polar surface area (TPSA) is 55.5 Å². The summed E-state index contributed by atoms with van der Waals surface area (Å²) in [5.41, 5.74) is 5.78. The summed E-state index contributed by atoms with van der Waals surface area (Å²) >= 11 is 0. The van der Waals surface area contributed by atoms with Crippen LogP contribution in [0.1, 0.15) is 23.7 Å². The Balaban J connectivity index is 2.81. The number of hydrogen-bond acceptors (Lipinski definition) is 3. The van der Waals surface area contributed by atoms with Gasteiger partial charge in [0.1, 0.15) is 11.6 Å². The number of aryl methyl sites for hydroxylation is 1. The van der Waals surface area contributed by atoms with Gasteiger partial charge >= 0.3 is 0 Å². The molecule has 0 spiro atoms. The first-order valence-corrected chi connectivity index (χ1v) is 5.33. The molecule has 0 amide bonds. The van der Waals surface area contributed by atoms with E-state index in [1.807, 2.05) is 0 Å². The fraction of sp³-hybridized carbons (Fsp3) is 0.500. The minimum Gasteiger partial charge on any atom is -0.388 e. The molecule has 0 aliphatic rings. The Labute approximate surface area is 99.2 Å². The highest BCUT2D eigenvalue weighted by molar-refractivity contribution is 5.26. The summed E-state index contributed by atoms with van der Waals surface area (Å²) in [6, 6.07) is 1.66. The average Bonchev–Trinajstić information content (AvgIpc) is 2.23. The van der Waals surface area contributed by atoms with Crippen molar-refractivity contribution in [3.63, 3.8) is 0 Å². The maximum Gasteiger partial charge on any atom is 0.129 e.